The molecule has 2 rings (SSSR count). The lowest BCUT2D eigenvalue weighted by Crippen LogP contribution is -2.35. The van der Waals surface area contributed by atoms with Gasteiger partial charge in [-0.3, -0.25) is 9.59 Å². The second-order valence-corrected chi connectivity index (χ2v) is 5.97. The first-order valence-corrected chi connectivity index (χ1v) is 8.79. The van der Waals surface area contributed by atoms with E-state index in [1.54, 1.807) is 24.7 Å². The number of fused-ring (bicyclic) bond motifs is 1. The Morgan fingerprint density at radius 3 is 2.29 bits per heavy atom. The lowest BCUT2D eigenvalue weighted by Gasteiger charge is -2.24. The molecule has 0 spiro atoms. The molecule has 0 amide bonds. The second kappa shape index (κ2) is 8.36. The van der Waals surface area contributed by atoms with E-state index in [0.29, 0.717) is 21.3 Å². The van der Waals surface area contributed by atoms with Crippen LogP contribution in [0, 0.1) is 9.62 Å². The molecule has 0 saturated heterocycles. The van der Waals surface area contributed by atoms with E-state index in [2.05, 4.69) is 37.5 Å². The van der Waals surface area contributed by atoms with Crippen LogP contribution in [0.2, 0.25) is 0 Å². The van der Waals surface area contributed by atoms with Crippen molar-refractivity contribution in [1.82, 2.24) is 19.5 Å². The van der Waals surface area contributed by atoms with E-state index in [9.17, 15) is 9.59 Å². The first kappa shape index (κ1) is 18.6. The van der Waals surface area contributed by atoms with E-state index >= 15 is 0 Å². The SMILES string of the molecule is CCOC(=O)C(C(=O)OCC)C(CC)n1cnc2c(I)ncnc21. The van der Waals surface area contributed by atoms with E-state index in [0.717, 1.165) is 0 Å². The molecular weight excluding hydrogens is 427 g/mol. The lowest BCUT2D eigenvalue weighted by atomic mass is 9.97. The highest BCUT2D eigenvalue weighted by Crippen LogP contribution is 2.28. The van der Waals surface area contributed by atoms with Gasteiger partial charge in [0.25, 0.3) is 0 Å². The van der Waals surface area contributed by atoms with E-state index in [1.165, 1.54) is 6.33 Å². The summed E-state index contributed by atoms with van der Waals surface area (Å²) in [5, 5.41) is 0. The number of ether oxygens (including phenoxy) is 2. The Hall–Kier alpha value is -1.78. The van der Waals surface area contributed by atoms with Gasteiger partial charge in [-0.15, -0.1) is 0 Å². The van der Waals surface area contributed by atoms with Crippen molar-refractivity contribution >= 4 is 45.7 Å². The lowest BCUT2D eigenvalue weighted by molar-refractivity contribution is -0.164. The van der Waals surface area contributed by atoms with Crippen molar-refractivity contribution in [2.75, 3.05) is 13.2 Å². The van der Waals surface area contributed by atoms with E-state index in [1.807, 2.05) is 6.92 Å². The monoisotopic (exact) mass is 446 g/mol. The van der Waals surface area contributed by atoms with Gasteiger partial charge in [-0.25, -0.2) is 15.0 Å². The highest BCUT2D eigenvalue weighted by atomic mass is 127. The zero-order valence-corrected chi connectivity index (χ0v) is 15.9. The Labute approximate surface area is 153 Å². The third-order valence-corrected chi connectivity index (χ3v) is 4.34. The number of aromatic nitrogens is 4. The first-order chi connectivity index (χ1) is 11.5. The van der Waals surface area contributed by atoms with Gasteiger partial charge in [0.05, 0.1) is 25.6 Å². The van der Waals surface area contributed by atoms with Crippen LogP contribution in [-0.4, -0.2) is 44.7 Å². The number of halogens is 1. The average molecular weight is 446 g/mol. The molecular formula is C15H19IN4O4. The second-order valence-electron chi connectivity index (χ2n) is 4.95. The summed E-state index contributed by atoms with van der Waals surface area (Å²) in [6, 6.07) is -0.501. The molecule has 0 aliphatic rings. The molecule has 24 heavy (non-hydrogen) atoms. The number of hydrogen-bond donors (Lipinski definition) is 0. The highest BCUT2D eigenvalue weighted by molar-refractivity contribution is 14.1. The molecule has 0 fully saturated rings. The van der Waals surface area contributed by atoms with Gasteiger partial charge in [-0.2, -0.15) is 0 Å². The van der Waals surface area contributed by atoms with Crippen LogP contribution >= 0.6 is 22.6 Å². The van der Waals surface area contributed by atoms with Gasteiger partial charge in [0.1, 0.15) is 15.5 Å². The number of nitrogens with zero attached hydrogens (tertiary/aromatic N) is 4. The predicted molar refractivity (Wildman–Crippen MR) is 94.1 cm³/mol. The quantitative estimate of drug-likeness (QED) is 0.278. The van der Waals surface area contributed by atoms with Crippen LogP contribution in [0.5, 0.6) is 0 Å². The van der Waals surface area contributed by atoms with Crippen LogP contribution in [-0.2, 0) is 19.1 Å². The molecule has 2 aromatic heterocycles. The Bertz CT molecular complexity index is 715. The van der Waals surface area contributed by atoms with Crippen molar-refractivity contribution in [3.63, 3.8) is 0 Å². The molecule has 1 unspecified atom stereocenters. The standard InChI is InChI=1S/C15H19IN4O4/c1-4-9(10(14(21)23-5-2)15(22)24-6-3)20-8-19-11-12(16)17-7-18-13(11)20/h7-10H,4-6H2,1-3H3. The van der Waals surface area contributed by atoms with Crippen molar-refractivity contribution in [3.05, 3.63) is 16.4 Å². The van der Waals surface area contributed by atoms with Gasteiger partial charge in [-0.05, 0) is 42.9 Å². The Morgan fingerprint density at radius 2 is 1.75 bits per heavy atom. The van der Waals surface area contributed by atoms with Crippen LogP contribution < -0.4 is 0 Å². The number of esters is 2. The van der Waals surface area contributed by atoms with E-state index < -0.39 is 23.9 Å². The summed E-state index contributed by atoms with van der Waals surface area (Å²) in [6.07, 6.45) is 3.51. The maximum absolute atomic E-state index is 12.4. The summed E-state index contributed by atoms with van der Waals surface area (Å²) >= 11 is 2.07. The minimum absolute atomic E-state index is 0.190. The maximum Gasteiger partial charge on any atom is 0.322 e. The smallest absolute Gasteiger partial charge is 0.322 e. The number of rotatable bonds is 7. The van der Waals surface area contributed by atoms with Crippen molar-refractivity contribution in [1.29, 1.82) is 0 Å². The van der Waals surface area contributed by atoms with E-state index in [-0.39, 0.29) is 13.2 Å². The summed E-state index contributed by atoms with van der Waals surface area (Å²) in [6.45, 7) is 5.66. The average Bonchev–Trinajstić information content (AvgIpc) is 2.98. The maximum atomic E-state index is 12.4. The van der Waals surface area contributed by atoms with Crippen LogP contribution in [0.1, 0.15) is 33.2 Å². The van der Waals surface area contributed by atoms with E-state index in [4.69, 9.17) is 9.47 Å². The molecule has 0 saturated carbocycles. The number of hydrogen-bond acceptors (Lipinski definition) is 7. The molecule has 0 bridgehead atoms. The molecule has 0 aliphatic carbocycles. The number of carbonyl (C=O) groups excluding carboxylic acids is 2. The molecule has 0 aromatic carbocycles. The summed E-state index contributed by atoms with van der Waals surface area (Å²) in [4.78, 5) is 37.4. The van der Waals surface area contributed by atoms with Gasteiger partial charge in [0.15, 0.2) is 11.6 Å². The third-order valence-electron chi connectivity index (χ3n) is 3.56. The third kappa shape index (κ3) is 3.65. The van der Waals surface area contributed by atoms with Gasteiger partial charge < -0.3 is 14.0 Å². The van der Waals surface area contributed by atoms with Gasteiger partial charge in [0.2, 0.25) is 0 Å². The fourth-order valence-electron chi connectivity index (χ4n) is 2.53. The molecule has 0 aliphatic heterocycles. The van der Waals surface area contributed by atoms with Crippen LogP contribution in [0.4, 0.5) is 0 Å². The minimum atomic E-state index is -1.07. The molecule has 8 nitrogen and oxygen atoms in total. The van der Waals surface area contributed by atoms with Crippen molar-refractivity contribution in [3.8, 4) is 0 Å². The first-order valence-electron chi connectivity index (χ1n) is 7.71. The Balaban J connectivity index is 2.49. The molecule has 130 valence electrons. The topological polar surface area (TPSA) is 96.2 Å². The fourth-order valence-corrected chi connectivity index (χ4v) is 3.04. The molecule has 0 radical (unpaired) electrons. The van der Waals surface area contributed by atoms with Crippen molar-refractivity contribution in [2.24, 2.45) is 5.92 Å². The predicted octanol–water partition coefficient (Wildman–Crippen LogP) is 2.12. The molecule has 2 aromatic rings. The van der Waals surface area contributed by atoms with Gasteiger partial charge in [-0.1, -0.05) is 6.92 Å². The summed E-state index contributed by atoms with van der Waals surface area (Å²) < 4.78 is 12.6. The van der Waals surface area contributed by atoms with Gasteiger partial charge in [0, 0.05) is 0 Å². The molecule has 2 heterocycles. The Morgan fingerprint density at radius 1 is 1.12 bits per heavy atom. The van der Waals surface area contributed by atoms with Crippen molar-refractivity contribution < 1.29 is 19.1 Å². The number of carbonyl (C=O) groups is 2. The summed E-state index contributed by atoms with van der Waals surface area (Å²) in [5.41, 5.74) is 1.20. The van der Waals surface area contributed by atoms with Gasteiger partial charge >= 0.3 is 11.9 Å². The summed E-state index contributed by atoms with van der Waals surface area (Å²) in [7, 11) is 0. The fraction of sp³-hybridized carbons (Fsp3) is 0.533. The summed E-state index contributed by atoms with van der Waals surface area (Å²) in [5.74, 6) is -2.28. The normalized spacial score (nSPS) is 12.4. The molecule has 1 atom stereocenters. The van der Waals surface area contributed by atoms with Crippen LogP contribution in [0.3, 0.4) is 0 Å². The van der Waals surface area contributed by atoms with Crippen molar-refractivity contribution in [2.45, 2.75) is 33.2 Å². The van der Waals surface area contributed by atoms with Crippen LogP contribution in [0.25, 0.3) is 11.2 Å². The van der Waals surface area contributed by atoms with Crippen LogP contribution in [0.15, 0.2) is 12.7 Å². The highest BCUT2D eigenvalue weighted by Gasteiger charge is 2.38. The molecule has 9 heteroatoms. The zero-order valence-electron chi connectivity index (χ0n) is 13.7. The molecule has 0 N–H and O–H groups in total. The minimum Gasteiger partial charge on any atom is -0.465 e. The number of imidazole rings is 1. The zero-order chi connectivity index (χ0) is 17.7. The largest absolute Gasteiger partial charge is 0.465 e. The Kier molecular flexibility index (Phi) is 6.46.